The number of nitrogens with one attached hydrogen (secondary N) is 3. The van der Waals surface area contributed by atoms with E-state index in [2.05, 4.69) is 15.6 Å². The van der Waals surface area contributed by atoms with Crippen molar-refractivity contribution in [3.63, 3.8) is 0 Å². The molecule has 1 heterocycles. The Morgan fingerprint density at radius 1 is 0.920 bits per heavy atom. The number of aromatic amines is 1. The summed E-state index contributed by atoms with van der Waals surface area (Å²) in [5.74, 6) is -1.20. The van der Waals surface area contributed by atoms with Crippen molar-refractivity contribution >= 4 is 22.7 Å². The zero-order valence-corrected chi connectivity index (χ0v) is 13.5. The highest BCUT2D eigenvalue weighted by Gasteiger charge is 2.10. The molecule has 3 N–H and O–H groups in total. The second-order valence-corrected chi connectivity index (χ2v) is 5.62. The molecule has 0 bridgehead atoms. The van der Waals surface area contributed by atoms with E-state index in [0.29, 0.717) is 25.2 Å². The van der Waals surface area contributed by atoms with Gasteiger partial charge in [0.25, 0.3) is 11.8 Å². The Morgan fingerprint density at radius 3 is 2.36 bits per heavy atom. The molecule has 2 aromatic carbocycles. The van der Waals surface area contributed by atoms with Gasteiger partial charge in [-0.1, -0.05) is 30.3 Å². The number of rotatable bonds is 6. The fourth-order valence-corrected chi connectivity index (χ4v) is 2.52. The molecule has 0 fully saturated rings. The molecular weight excluding hydrogens is 321 g/mol. The number of carbonyl (C=O) groups is 2. The summed E-state index contributed by atoms with van der Waals surface area (Å²) in [6.45, 7) is 0.756. The maximum atomic E-state index is 13.5. The van der Waals surface area contributed by atoms with Gasteiger partial charge in [-0.15, -0.1) is 0 Å². The molecule has 3 rings (SSSR count). The zero-order chi connectivity index (χ0) is 17.6. The van der Waals surface area contributed by atoms with Crippen molar-refractivity contribution in [1.82, 2.24) is 15.6 Å². The Kier molecular flexibility index (Phi) is 5.09. The Balaban J connectivity index is 1.43. The summed E-state index contributed by atoms with van der Waals surface area (Å²) in [6, 6.07) is 15.3. The third kappa shape index (κ3) is 4.03. The molecule has 0 atom stereocenters. The standard InChI is InChI=1S/C19H18FN3O2/c20-15-8-3-2-7-14(15)18(24)21-10-5-11-22-19(25)17-12-13-6-1-4-9-16(13)23-17/h1-4,6-9,12,23H,5,10-11H2,(H,21,24)(H,22,25). The molecule has 128 valence electrons. The van der Waals surface area contributed by atoms with Crippen LogP contribution in [-0.4, -0.2) is 29.9 Å². The van der Waals surface area contributed by atoms with E-state index in [1.165, 1.54) is 18.2 Å². The normalized spacial score (nSPS) is 10.6. The summed E-state index contributed by atoms with van der Waals surface area (Å²) >= 11 is 0. The molecule has 0 spiro atoms. The van der Waals surface area contributed by atoms with Crippen LogP contribution in [0.4, 0.5) is 4.39 Å². The van der Waals surface area contributed by atoms with Crippen LogP contribution in [0.15, 0.2) is 54.6 Å². The van der Waals surface area contributed by atoms with Crippen LogP contribution in [0, 0.1) is 5.82 Å². The van der Waals surface area contributed by atoms with E-state index in [4.69, 9.17) is 0 Å². The van der Waals surface area contributed by atoms with Crippen LogP contribution in [-0.2, 0) is 0 Å². The molecule has 3 aromatic rings. The van der Waals surface area contributed by atoms with Gasteiger partial charge in [0.15, 0.2) is 0 Å². The van der Waals surface area contributed by atoms with E-state index in [-0.39, 0.29) is 11.5 Å². The molecule has 6 heteroatoms. The topological polar surface area (TPSA) is 74.0 Å². The Hall–Kier alpha value is -3.15. The first-order valence-corrected chi connectivity index (χ1v) is 8.04. The average molecular weight is 339 g/mol. The predicted octanol–water partition coefficient (Wildman–Crippen LogP) is 2.86. The van der Waals surface area contributed by atoms with Gasteiger partial charge in [-0.05, 0) is 30.7 Å². The van der Waals surface area contributed by atoms with Gasteiger partial charge in [-0.3, -0.25) is 9.59 Å². The minimum atomic E-state index is -0.549. The lowest BCUT2D eigenvalue weighted by atomic mass is 10.2. The quantitative estimate of drug-likeness (QED) is 0.604. The number of carbonyl (C=O) groups excluding carboxylic acids is 2. The third-order valence-electron chi connectivity index (χ3n) is 3.82. The largest absolute Gasteiger partial charge is 0.352 e. The maximum absolute atomic E-state index is 13.5. The second kappa shape index (κ2) is 7.61. The molecule has 0 saturated heterocycles. The van der Waals surface area contributed by atoms with Gasteiger partial charge in [0.1, 0.15) is 11.5 Å². The molecule has 25 heavy (non-hydrogen) atoms. The van der Waals surface area contributed by atoms with Crippen molar-refractivity contribution in [3.05, 3.63) is 71.7 Å². The molecule has 0 unspecified atom stereocenters. The summed E-state index contributed by atoms with van der Waals surface area (Å²) < 4.78 is 13.5. The molecular formula is C19H18FN3O2. The van der Waals surface area contributed by atoms with Crippen LogP contribution in [0.3, 0.4) is 0 Å². The van der Waals surface area contributed by atoms with E-state index < -0.39 is 11.7 Å². The lowest BCUT2D eigenvalue weighted by Crippen LogP contribution is -2.30. The van der Waals surface area contributed by atoms with E-state index in [1.807, 2.05) is 24.3 Å². The first-order valence-electron chi connectivity index (χ1n) is 8.04. The monoisotopic (exact) mass is 339 g/mol. The van der Waals surface area contributed by atoms with Gasteiger partial charge in [0, 0.05) is 24.0 Å². The van der Waals surface area contributed by atoms with Crippen LogP contribution >= 0.6 is 0 Å². The number of H-pyrrole nitrogens is 1. The first kappa shape index (κ1) is 16.7. The smallest absolute Gasteiger partial charge is 0.267 e. The van der Waals surface area contributed by atoms with E-state index >= 15 is 0 Å². The van der Waals surface area contributed by atoms with Crippen LogP contribution < -0.4 is 10.6 Å². The minimum Gasteiger partial charge on any atom is -0.352 e. The van der Waals surface area contributed by atoms with Crippen LogP contribution in [0.2, 0.25) is 0 Å². The van der Waals surface area contributed by atoms with Crippen molar-refractivity contribution in [2.45, 2.75) is 6.42 Å². The second-order valence-electron chi connectivity index (χ2n) is 5.62. The summed E-state index contributed by atoms with van der Waals surface area (Å²) in [6.07, 6.45) is 0.548. The van der Waals surface area contributed by atoms with Gasteiger partial charge < -0.3 is 15.6 Å². The van der Waals surface area contributed by atoms with E-state index in [9.17, 15) is 14.0 Å². The zero-order valence-electron chi connectivity index (χ0n) is 13.5. The Bertz CT molecular complexity index is 871. The van der Waals surface area contributed by atoms with Gasteiger partial charge >= 0.3 is 0 Å². The molecule has 1 aromatic heterocycles. The molecule has 5 nitrogen and oxygen atoms in total. The molecule has 0 aliphatic rings. The van der Waals surface area contributed by atoms with Crippen LogP contribution in [0.1, 0.15) is 27.3 Å². The number of halogens is 1. The van der Waals surface area contributed by atoms with Crippen molar-refractivity contribution in [2.75, 3.05) is 13.1 Å². The molecule has 0 aliphatic carbocycles. The minimum absolute atomic E-state index is 0.0182. The van der Waals surface area contributed by atoms with E-state index in [0.717, 1.165) is 10.9 Å². The van der Waals surface area contributed by atoms with Crippen LogP contribution in [0.5, 0.6) is 0 Å². The lowest BCUT2D eigenvalue weighted by molar-refractivity contribution is 0.0947. The van der Waals surface area contributed by atoms with Crippen molar-refractivity contribution < 1.29 is 14.0 Å². The Morgan fingerprint density at radius 2 is 1.60 bits per heavy atom. The van der Waals surface area contributed by atoms with Crippen LogP contribution in [0.25, 0.3) is 10.9 Å². The summed E-state index contributed by atoms with van der Waals surface area (Å²) in [7, 11) is 0. The molecule has 0 saturated carbocycles. The highest BCUT2D eigenvalue weighted by Crippen LogP contribution is 2.14. The number of aromatic nitrogens is 1. The van der Waals surface area contributed by atoms with E-state index in [1.54, 1.807) is 12.1 Å². The molecule has 0 aliphatic heterocycles. The van der Waals surface area contributed by atoms with Gasteiger partial charge in [0.05, 0.1) is 5.56 Å². The summed E-state index contributed by atoms with van der Waals surface area (Å²) in [5.41, 5.74) is 1.42. The number of fused-ring (bicyclic) bond motifs is 1. The maximum Gasteiger partial charge on any atom is 0.267 e. The summed E-state index contributed by atoms with van der Waals surface area (Å²) in [4.78, 5) is 27.0. The number of hydrogen-bond acceptors (Lipinski definition) is 2. The van der Waals surface area contributed by atoms with Crippen molar-refractivity contribution in [1.29, 1.82) is 0 Å². The highest BCUT2D eigenvalue weighted by atomic mass is 19.1. The summed E-state index contributed by atoms with van der Waals surface area (Å²) in [5, 5.41) is 6.40. The van der Waals surface area contributed by atoms with Gasteiger partial charge in [-0.25, -0.2) is 4.39 Å². The fraction of sp³-hybridized carbons (Fsp3) is 0.158. The first-order chi connectivity index (χ1) is 12.1. The predicted molar refractivity (Wildman–Crippen MR) is 94.0 cm³/mol. The Labute approximate surface area is 144 Å². The van der Waals surface area contributed by atoms with Crippen molar-refractivity contribution in [3.8, 4) is 0 Å². The third-order valence-corrected chi connectivity index (χ3v) is 3.82. The van der Waals surface area contributed by atoms with Crippen molar-refractivity contribution in [2.24, 2.45) is 0 Å². The fourth-order valence-electron chi connectivity index (χ4n) is 2.52. The average Bonchev–Trinajstić information content (AvgIpc) is 3.05. The number of benzene rings is 2. The van der Waals surface area contributed by atoms with Gasteiger partial charge in [-0.2, -0.15) is 0 Å². The SMILES string of the molecule is O=C(NCCCNC(=O)c1ccccc1F)c1cc2ccccc2[nH]1. The van der Waals surface area contributed by atoms with Gasteiger partial charge in [0.2, 0.25) is 0 Å². The lowest BCUT2D eigenvalue weighted by Gasteiger charge is -2.07. The molecule has 2 amide bonds. The number of para-hydroxylation sites is 1. The molecule has 0 radical (unpaired) electrons. The number of hydrogen-bond donors (Lipinski definition) is 3. The highest BCUT2D eigenvalue weighted by molar-refractivity contribution is 5.98. The number of amides is 2.